The maximum Gasteiger partial charge on any atom is 0.228 e. The Labute approximate surface area is 118 Å². The largest absolute Gasteiger partial charge is 0.342 e. The Morgan fingerprint density at radius 1 is 1.20 bits per heavy atom. The van der Waals surface area contributed by atoms with Crippen LogP contribution in [0, 0.1) is 11.8 Å². The van der Waals surface area contributed by atoms with Crippen molar-refractivity contribution in [2.75, 3.05) is 18.4 Å². The van der Waals surface area contributed by atoms with E-state index >= 15 is 0 Å². The van der Waals surface area contributed by atoms with Crippen LogP contribution in [0.15, 0.2) is 12.3 Å². The van der Waals surface area contributed by atoms with Crippen LogP contribution in [-0.2, 0) is 16.6 Å². The molecule has 1 saturated heterocycles. The van der Waals surface area contributed by atoms with E-state index in [1.165, 1.54) is 0 Å². The van der Waals surface area contributed by atoms with Gasteiger partial charge in [0.1, 0.15) is 0 Å². The van der Waals surface area contributed by atoms with Crippen molar-refractivity contribution in [2.45, 2.75) is 25.7 Å². The Kier molecular flexibility index (Phi) is 3.46. The number of aryl methyl sites for hydroxylation is 1. The van der Waals surface area contributed by atoms with Crippen molar-refractivity contribution >= 4 is 17.6 Å². The molecular formula is C14H20N4O2. The van der Waals surface area contributed by atoms with Crippen LogP contribution in [0.2, 0.25) is 0 Å². The van der Waals surface area contributed by atoms with Crippen LogP contribution in [0.4, 0.5) is 5.82 Å². The summed E-state index contributed by atoms with van der Waals surface area (Å²) >= 11 is 0. The molecule has 2 heterocycles. The highest BCUT2D eigenvalue weighted by Gasteiger charge is 2.35. The fraction of sp³-hybridized carbons (Fsp3) is 0.643. The molecule has 2 aliphatic rings. The van der Waals surface area contributed by atoms with E-state index in [0.29, 0.717) is 18.9 Å². The summed E-state index contributed by atoms with van der Waals surface area (Å²) in [5.41, 5.74) is 0. The molecule has 1 aliphatic carbocycles. The van der Waals surface area contributed by atoms with Crippen molar-refractivity contribution in [3.63, 3.8) is 0 Å². The van der Waals surface area contributed by atoms with Gasteiger partial charge in [-0.1, -0.05) is 0 Å². The number of carbonyl (C=O) groups is 2. The fourth-order valence-electron chi connectivity index (χ4n) is 2.66. The van der Waals surface area contributed by atoms with Gasteiger partial charge < -0.3 is 10.2 Å². The van der Waals surface area contributed by atoms with E-state index in [-0.39, 0.29) is 23.7 Å². The lowest BCUT2D eigenvalue weighted by atomic mass is 9.95. The molecule has 1 aromatic heterocycles. The molecule has 1 N–H and O–H groups in total. The minimum atomic E-state index is -0.0136. The maximum atomic E-state index is 12.1. The minimum absolute atomic E-state index is 0.0136. The first kappa shape index (κ1) is 13.1. The van der Waals surface area contributed by atoms with Gasteiger partial charge in [0, 0.05) is 44.2 Å². The second kappa shape index (κ2) is 5.26. The van der Waals surface area contributed by atoms with Gasteiger partial charge in [0.2, 0.25) is 11.8 Å². The Bertz CT molecular complexity index is 513. The van der Waals surface area contributed by atoms with Crippen LogP contribution in [0.1, 0.15) is 25.7 Å². The first-order valence-corrected chi connectivity index (χ1v) is 7.23. The van der Waals surface area contributed by atoms with Gasteiger partial charge >= 0.3 is 0 Å². The van der Waals surface area contributed by atoms with Gasteiger partial charge in [0.25, 0.3) is 0 Å². The molecule has 0 atom stereocenters. The Morgan fingerprint density at radius 2 is 1.90 bits per heavy atom. The molecule has 0 radical (unpaired) electrons. The normalized spacial score (nSPS) is 19.9. The number of likely N-dealkylation sites (tertiary alicyclic amines) is 1. The lowest BCUT2D eigenvalue weighted by Gasteiger charge is -2.31. The Hall–Kier alpha value is -1.85. The number of hydrogen-bond acceptors (Lipinski definition) is 3. The van der Waals surface area contributed by atoms with Gasteiger partial charge in [-0.25, -0.2) is 0 Å². The molecular weight excluding hydrogens is 256 g/mol. The van der Waals surface area contributed by atoms with Crippen molar-refractivity contribution in [3.8, 4) is 0 Å². The third-order valence-corrected chi connectivity index (χ3v) is 4.07. The summed E-state index contributed by atoms with van der Waals surface area (Å²) in [6, 6.07) is 1.78. The summed E-state index contributed by atoms with van der Waals surface area (Å²) in [6.07, 6.45) is 5.37. The second-order valence-electron chi connectivity index (χ2n) is 5.74. The van der Waals surface area contributed by atoms with E-state index in [1.54, 1.807) is 16.9 Å². The summed E-state index contributed by atoms with van der Waals surface area (Å²) in [6.45, 7) is 1.41. The number of aromatic nitrogens is 2. The van der Waals surface area contributed by atoms with Gasteiger partial charge in [0.05, 0.1) is 0 Å². The molecule has 6 nitrogen and oxygen atoms in total. The molecule has 2 amide bonds. The van der Waals surface area contributed by atoms with Crippen LogP contribution in [0.25, 0.3) is 0 Å². The topological polar surface area (TPSA) is 67.2 Å². The zero-order chi connectivity index (χ0) is 14.1. The zero-order valence-electron chi connectivity index (χ0n) is 11.7. The molecule has 1 aliphatic heterocycles. The maximum absolute atomic E-state index is 12.1. The highest BCUT2D eigenvalue weighted by atomic mass is 16.2. The van der Waals surface area contributed by atoms with E-state index in [9.17, 15) is 9.59 Å². The first-order valence-electron chi connectivity index (χ1n) is 7.23. The number of nitrogens with zero attached hydrogens (tertiary/aromatic N) is 3. The summed E-state index contributed by atoms with van der Waals surface area (Å²) in [4.78, 5) is 26.0. The average Bonchev–Trinajstić information content (AvgIpc) is 3.22. The predicted molar refractivity (Wildman–Crippen MR) is 73.9 cm³/mol. The monoisotopic (exact) mass is 276 g/mol. The van der Waals surface area contributed by atoms with Crippen LogP contribution in [0.5, 0.6) is 0 Å². The third kappa shape index (κ3) is 2.84. The molecule has 20 heavy (non-hydrogen) atoms. The lowest BCUT2D eigenvalue weighted by molar-refractivity contribution is -0.135. The first-order chi connectivity index (χ1) is 9.63. The number of piperidine rings is 1. The summed E-state index contributed by atoms with van der Waals surface area (Å²) in [5, 5.41) is 6.98. The summed E-state index contributed by atoms with van der Waals surface area (Å²) in [5.74, 6) is 1.15. The smallest absolute Gasteiger partial charge is 0.228 e. The second-order valence-corrected chi connectivity index (χ2v) is 5.74. The molecule has 0 spiro atoms. The van der Waals surface area contributed by atoms with E-state index in [0.717, 1.165) is 25.7 Å². The minimum Gasteiger partial charge on any atom is -0.342 e. The van der Waals surface area contributed by atoms with Crippen molar-refractivity contribution in [2.24, 2.45) is 18.9 Å². The number of amides is 2. The van der Waals surface area contributed by atoms with Gasteiger partial charge in [-0.15, -0.1) is 0 Å². The average molecular weight is 276 g/mol. The number of nitrogens with one attached hydrogen (secondary N) is 1. The van der Waals surface area contributed by atoms with Gasteiger partial charge in [-0.05, 0) is 25.7 Å². The SMILES string of the molecule is Cn1ccc(NC(=O)C2CCN(C(=O)C3CC3)CC2)n1. The number of rotatable bonds is 3. The standard InChI is InChI=1S/C14H20N4O2/c1-17-7-6-12(16-17)15-13(19)10-4-8-18(9-5-10)14(20)11-2-3-11/h6-7,10-11H,2-5,8-9H2,1H3,(H,15,16,19). The van der Waals surface area contributed by atoms with Crippen LogP contribution in [-0.4, -0.2) is 39.6 Å². The molecule has 1 aromatic rings. The number of anilines is 1. The van der Waals surface area contributed by atoms with E-state index in [4.69, 9.17) is 0 Å². The molecule has 108 valence electrons. The zero-order valence-corrected chi connectivity index (χ0v) is 11.7. The van der Waals surface area contributed by atoms with E-state index < -0.39 is 0 Å². The molecule has 0 unspecified atom stereocenters. The molecule has 2 fully saturated rings. The predicted octanol–water partition coefficient (Wildman–Crippen LogP) is 1.01. The number of hydrogen-bond donors (Lipinski definition) is 1. The van der Waals surface area contributed by atoms with Crippen molar-refractivity contribution in [3.05, 3.63) is 12.3 Å². The Morgan fingerprint density at radius 3 is 2.45 bits per heavy atom. The molecule has 3 rings (SSSR count). The van der Waals surface area contributed by atoms with Crippen molar-refractivity contribution < 1.29 is 9.59 Å². The molecule has 1 saturated carbocycles. The molecule has 0 aromatic carbocycles. The lowest BCUT2D eigenvalue weighted by Crippen LogP contribution is -2.42. The van der Waals surface area contributed by atoms with Crippen molar-refractivity contribution in [1.29, 1.82) is 0 Å². The van der Waals surface area contributed by atoms with E-state index in [2.05, 4.69) is 10.4 Å². The third-order valence-electron chi connectivity index (χ3n) is 4.07. The van der Waals surface area contributed by atoms with Crippen LogP contribution < -0.4 is 5.32 Å². The fourth-order valence-corrected chi connectivity index (χ4v) is 2.66. The quantitative estimate of drug-likeness (QED) is 0.896. The molecule has 6 heteroatoms. The summed E-state index contributed by atoms with van der Waals surface area (Å²) < 4.78 is 1.66. The highest BCUT2D eigenvalue weighted by molar-refractivity contribution is 5.92. The van der Waals surface area contributed by atoms with Gasteiger partial charge in [0.15, 0.2) is 5.82 Å². The van der Waals surface area contributed by atoms with Crippen LogP contribution >= 0.6 is 0 Å². The van der Waals surface area contributed by atoms with E-state index in [1.807, 2.05) is 11.9 Å². The Balaban J connectivity index is 1.49. The van der Waals surface area contributed by atoms with Crippen molar-refractivity contribution in [1.82, 2.24) is 14.7 Å². The number of carbonyl (C=O) groups excluding carboxylic acids is 2. The summed E-state index contributed by atoms with van der Waals surface area (Å²) in [7, 11) is 1.82. The van der Waals surface area contributed by atoms with Gasteiger partial charge in [-0.2, -0.15) is 5.10 Å². The van der Waals surface area contributed by atoms with Gasteiger partial charge in [-0.3, -0.25) is 14.3 Å². The highest BCUT2D eigenvalue weighted by Crippen LogP contribution is 2.32. The van der Waals surface area contributed by atoms with Crippen LogP contribution in [0.3, 0.4) is 0 Å². The molecule has 0 bridgehead atoms.